The number of aromatic carboxylic acids is 1. The van der Waals surface area contributed by atoms with Crippen molar-refractivity contribution in [3.63, 3.8) is 0 Å². The van der Waals surface area contributed by atoms with Crippen molar-refractivity contribution >= 4 is 28.5 Å². The summed E-state index contributed by atoms with van der Waals surface area (Å²) in [6, 6.07) is 23.2. The van der Waals surface area contributed by atoms with Crippen LogP contribution in [-0.4, -0.2) is 46.6 Å². The standard InChI is InChI=1S/C29H31N3O3/c1-20(2)21-9-12-24(13-10-21)30-28(33)19-31(3)15-16-32-18-26(22-7-5-4-6-8-22)25-14-11-23(29(34)35)17-27(25)32/h4-14,17-18,20H,15-16,19H2,1-3H3,(H,30,33)(H,34,35). The fourth-order valence-corrected chi connectivity index (χ4v) is 4.21. The number of carbonyl (C=O) groups excluding carboxylic acids is 1. The van der Waals surface area contributed by atoms with E-state index in [2.05, 4.69) is 29.9 Å². The minimum absolute atomic E-state index is 0.0692. The highest BCUT2D eigenvalue weighted by molar-refractivity contribution is 6.00. The van der Waals surface area contributed by atoms with Gasteiger partial charge in [-0.05, 0) is 48.4 Å². The summed E-state index contributed by atoms with van der Waals surface area (Å²) in [6.07, 6.45) is 2.07. The summed E-state index contributed by atoms with van der Waals surface area (Å²) in [7, 11) is 1.91. The van der Waals surface area contributed by atoms with E-state index >= 15 is 0 Å². The number of carboxylic acids is 1. The molecule has 0 saturated heterocycles. The second kappa shape index (κ2) is 10.6. The van der Waals surface area contributed by atoms with Gasteiger partial charge in [-0.3, -0.25) is 9.69 Å². The fourth-order valence-electron chi connectivity index (χ4n) is 4.21. The lowest BCUT2D eigenvalue weighted by Gasteiger charge is -2.17. The Labute approximate surface area is 205 Å². The zero-order valence-corrected chi connectivity index (χ0v) is 20.4. The molecule has 6 heteroatoms. The average Bonchev–Trinajstić information content (AvgIpc) is 3.21. The number of fused-ring (bicyclic) bond motifs is 1. The first-order valence-electron chi connectivity index (χ1n) is 11.8. The van der Waals surface area contributed by atoms with E-state index in [0.29, 0.717) is 19.0 Å². The van der Waals surface area contributed by atoms with E-state index in [1.54, 1.807) is 12.1 Å². The summed E-state index contributed by atoms with van der Waals surface area (Å²) in [5.74, 6) is -0.568. The van der Waals surface area contributed by atoms with Gasteiger partial charge in [-0.15, -0.1) is 0 Å². The molecule has 0 aliphatic heterocycles. The Kier molecular flexibility index (Phi) is 7.32. The molecule has 3 aromatic carbocycles. The minimum Gasteiger partial charge on any atom is -0.478 e. The first-order chi connectivity index (χ1) is 16.8. The van der Waals surface area contributed by atoms with Gasteiger partial charge in [0.05, 0.1) is 12.1 Å². The molecule has 0 bridgehead atoms. The molecule has 6 nitrogen and oxygen atoms in total. The van der Waals surface area contributed by atoms with Gasteiger partial charge in [-0.1, -0.05) is 62.4 Å². The second-order valence-corrected chi connectivity index (χ2v) is 9.20. The highest BCUT2D eigenvalue weighted by atomic mass is 16.4. The number of benzene rings is 3. The molecule has 0 radical (unpaired) electrons. The van der Waals surface area contributed by atoms with Gasteiger partial charge >= 0.3 is 5.97 Å². The van der Waals surface area contributed by atoms with Crippen molar-refractivity contribution in [2.75, 3.05) is 25.5 Å². The summed E-state index contributed by atoms with van der Waals surface area (Å²) >= 11 is 0. The van der Waals surface area contributed by atoms with Crippen LogP contribution in [0.5, 0.6) is 0 Å². The lowest BCUT2D eigenvalue weighted by atomic mass is 10.0. The molecule has 35 heavy (non-hydrogen) atoms. The molecule has 0 saturated carbocycles. The topological polar surface area (TPSA) is 74.6 Å². The monoisotopic (exact) mass is 469 g/mol. The zero-order chi connectivity index (χ0) is 24.9. The first kappa shape index (κ1) is 24.2. The number of carboxylic acid groups (broad SMARTS) is 1. The summed E-state index contributed by atoms with van der Waals surface area (Å²) in [5, 5.41) is 13.4. The Hall–Kier alpha value is -3.90. The first-order valence-corrected chi connectivity index (χ1v) is 11.8. The minimum atomic E-state index is -0.948. The van der Waals surface area contributed by atoms with Crippen LogP contribution in [0, 0.1) is 0 Å². The average molecular weight is 470 g/mol. The maximum atomic E-state index is 12.5. The number of nitrogens with zero attached hydrogens (tertiary/aromatic N) is 2. The number of aromatic nitrogens is 1. The van der Waals surface area contributed by atoms with Crippen LogP contribution in [0.15, 0.2) is 79.0 Å². The maximum absolute atomic E-state index is 12.5. The predicted molar refractivity (Wildman–Crippen MR) is 141 cm³/mol. The van der Waals surface area contributed by atoms with Crippen LogP contribution in [0.4, 0.5) is 5.69 Å². The molecule has 180 valence electrons. The molecule has 0 spiro atoms. The Morgan fingerprint density at radius 2 is 1.71 bits per heavy atom. The Bertz CT molecular complexity index is 1320. The van der Waals surface area contributed by atoms with Crippen LogP contribution < -0.4 is 5.32 Å². The summed E-state index contributed by atoms with van der Waals surface area (Å²) in [6.45, 7) is 5.80. The number of rotatable bonds is 9. The number of carbonyl (C=O) groups is 2. The number of likely N-dealkylation sites (N-methyl/N-ethyl adjacent to an activating group) is 1. The van der Waals surface area contributed by atoms with Crippen molar-refractivity contribution in [2.45, 2.75) is 26.3 Å². The Balaban J connectivity index is 1.46. The van der Waals surface area contributed by atoms with Gasteiger partial charge in [0.25, 0.3) is 0 Å². The molecule has 0 unspecified atom stereocenters. The van der Waals surface area contributed by atoms with Crippen molar-refractivity contribution < 1.29 is 14.7 Å². The smallest absolute Gasteiger partial charge is 0.335 e. The van der Waals surface area contributed by atoms with E-state index in [1.165, 1.54) is 5.56 Å². The van der Waals surface area contributed by atoms with E-state index < -0.39 is 5.97 Å². The van der Waals surface area contributed by atoms with E-state index in [1.807, 2.05) is 72.6 Å². The third-order valence-electron chi connectivity index (χ3n) is 6.21. The van der Waals surface area contributed by atoms with Gasteiger partial charge in [0.15, 0.2) is 0 Å². The SMILES string of the molecule is CC(C)c1ccc(NC(=O)CN(C)CCn2cc(-c3ccccc3)c3ccc(C(=O)O)cc32)cc1. The third-order valence-corrected chi connectivity index (χ3v) is 6.21. The van der Waals surface area contributed by atoms with Crippen LogP contribution in [-0.2, 0) is 11.3 Å². The van der Waals surface area contributed by atoms with Crippen molar-refractivity contribution in [1.29, 1.82) is 0 Å². The molecule has 1 amide bonds. The van der Waals surface area contributed by atoms with Crippen molar-refractivity contribution in [3.8, 4) is 11.1 Å². The molecular formula is C29H31N3O3. The van der Waals surface area contributed by atoms with Crippen LogP contribution in [0.1, 0.15) is 35.7 Å². The maximum Gasteiger partial charge on any atom is 0.335 e. The molecule has 0 aliphatic rings. The van der Waals surface area contributed by atoms with Gasteiger partial charge < -0.3 is 15.0 Å². The summed E-state index contributed by atoms with van der Waals surface area (Å²) in [5.41, 5.74) is 5.29. The third kappa shape index (κ3) is 5.78. The molecule has 0 atom stereocenters. The quantitative estimate of drug-likeness (QED) is 0.330. The number of amides is 1. The van der Waals surface area contributed by atoms with Gasteiger partial charge in [-0.25, -0.2) is 4.79 Å². The van der Waals surface area contributed by atoms with Crippen LogP contribution in [0.2, 0.25) is 0 Å². The van der Waals surface area contributed by atoms with E-state index in [0.717, 1.165) is 27.7 Å². The molecule has 0 aliphatic carbocycles. The van der Waals surface area contributed by atoms with Gasteiger partial charge in [0.2, 0.25) is 5.91 Å². The Morgan fingerprint density at radius 3 is 2.37 bits per heavy atom. The number of hydrogen-bond donors (Lipinski definition) is 2. The summed E-state index contributed by atoms with van der Waals surface area (Å²) in [4.78, 5) is 26.1. The number of nitrogens with one attached hydrogen (secondary N) is 1. The van der Waals surface area contributed by atoms with Gasteiger partial charge in [0.1, 0.15) is 0 Å². The van der Waals surface area contributed by atoms with Gasteiger partial charge in [-0.2, -0.15) is 0 Å². The van der Waals surface area contributed by atoms with E-state index in [9.17, 15) is 14.7 Å². The van der Waals surface area contributed by atoms with Crippen LogP contribution >= 0.6 is 0 Å². The predicted octanol–water partition coefficient (Wildman–Crippen LogP) is 5.70. The van der Waals surface area contributed by atoms with Crippen molar-refractivity contribution in [2.24, 2.45) is 0 Å². The highest BCUT2D eigenvalue weighted by Gasteiger charge is 2.14. The molecule has 1 heterocycles. The van der Waals surface area contributed by atoms with Crippen LogP contribution in [0.25, 0.3) is 22.0 Å². The molecule has 0 fully saturated rings. The molecule has 4 aromatic rings. The largest absolute Gasteiger partial charge is 0.478 e. The lowest BCUT2D eigenvalue weighted by Crippen LogP contribution is -2.32. The van der Waals surface area contributed by atoms with Gasteiger partial charge in [0, 0.05) is 41.4 Å². The summed E-state index contributed by atoms with van der Waals surface area (Å²) < 4.78 is 2.07. The zero-order valence-electron chi connectivity index (χ0n) is 20.4. The Morgan fingerprint density at radius 1 is 1.00 bits per heavy atom. The number of anilines is 1. The van der Waals surface area contributed by atoms with Crippen molar-refractivity contribution in [1.82, 2.24) is 9.47 Å². The van der Waals surface area contributed by atoms with Crippen LogP contribution in [0.3, 0.4) is 0 Å². The molecule has 1 aromatic heterocycles. The second-order valence-electron chi connectivity index (χ2n) is 9.20. The molecule has 4 rings (SSSR count). The molecule has 2 N–H and O–H groups in total. The normalized spacial score (nSPS) is 11.3. The van der Waals surface area contributed by atoms with Crippen molar-refractivity contribution in [3.05, 3.63) is 90.1 Å². The van der Waals surface area contributed by atoms with E-state index in [4.69, 9.17) is 0 Å². The highest BCUT2D eigenvalue weighted by Crippen LogP contribution is 2.31. The molecular weight excluding hydrogens is 438 g/mol. The lowest BCUT2D eigenvalue weighted by molar-refractivity contribution is -0.117. The fraction of sp³-hybridized carbons (Fsp3) is 0.241. The number of hydrogen-bond acceptors (Lipinski definition) is 3. The van der Waals surface area contributed by atoms with E-state index in [-0.39, 0.29) is 18.0 Å².